The molecule has 0 heterocycles. The maximum absolute atomic E-state index is 12.4. The first-order chi connectivity index (χ1) is 10.7. The molecule has 0 aliphatic carbocycles. The van der Waals surface area contributed by atoms with Gasteiger partial charge in [-0.15, -0.1) is 5.01 Å². The normalized spacial score (nSPS) is 10.3. The van der Waals surface area contributed by atoms with Gasteiger partial charge < -0.3 is 14.6 Å². The van der Waals surface area contributed by atoms with Crippen LogP contribution in [0.15, 0.2) is 24.3 Å². The van der Waals surface area contributed by atoms with E-state index >= 15 is 0 Å². The van der Waals surface area contributed by atoms with Crippen LogP contribution in [0.1, 0.15) is 38.1 Å². The first kappa shape index (κ1) is 18.3. The van der Waals surface area contributed by atoms with E-state index in [1.165, 1.54) is 24.3 Å². The molecule has 1 rings (SSSR count). The molecule has 0 fully saturated rings. The van der Waals surface area contributed by atoms with Gasteiger partial charge in [0, 0.05) is 5.56 Å². The fraction of sp³-hybridized carbons (Fsp3) is 0.400. The second-order valence-corrected chi connectivity index (χ2v) is 5.19. The number of benzene rings is 1. The zero-order valence-electron chi connectivity index (χ0n) is 13.4. The van der Waals surface area contributed by atoms with Crippen molar-refractivity contribution >= 4 is 18.1 Å². The topological polar surface area (TPSA) is 105 Å². The molecule has 0 spiro atoms. The summed E-state index contributed by atoms with van der Waals surface area (Å²) >= 11 is 0. The highest BCUT2D eigenvalue weighted by atomic mass is 16.6. The third-order valence-electron chi connectivity index (χ3n) is 2.38. The molecule has 0 saturated carbocycles. The van der Waals surface area contributed by atoms with Gasteiger partial charge >= 0.3 is 12.2 Å². The van der Waals surface area contributed by atoms with Crippen molar-refractivity contribution in [3.05, 3.63) is 29.8 Å². The predicted octanol–water partition coefficient (Wildman–Crippen LogP) is 2.43. The van der Waals surface area contributed by atoms with E-state index in [9.17, 15) is 19.5 Å². The molecule has 2 N–H and O–H groups in total. The smallest absolute Gasteiger partial charge is 0.436 e. The summed E-state index contributed by atoms with van der Waals surface area (Å²) in [5.74, 6) is -0.860. The number of phenolic OH excluding ortho intramolecular Hbond substituents is 1. The van der Waals surface area contributed by atoms with Crippen LogP contribution in [0.5, 0.6) is 5.75 Å². The third kappa shape index (κ3) is 5.85. The number of nitrogens with zero attached hydrogens (tertiary/aromatic N) is 1. The Morgan fingerprint density at radius 2 is 1.52 bits per heavy atom. The lowest BCUT2D eigenvalue weighted by atomic mass is 10.2. The van der Waals surface area contributed by atoms with Crippen molar-refractivity contribution in [3.63, 3.8) is 0 Å². The highest BCUT2D eigenvalue weighted by molar-refractivity contribution is 6.03. The third-order valence-corrected chi connectivity index (χ3v) is 2.38. The van der Waals surface area contributed by atoms with Crippen LogP contribution in [0.25, 0.3) is 0 Å². The van der Waals surface area contributed by atoms with Crippen molar-refractivity contribution in [2.45, 2.75) is 39.9 Å². The largest absolute Gasteiger partial charge is 0.508 e. The summed E-state index contributed by atoms with van der Waals surface area (Å²) in [7, 11) is 0. The monoisotopic (exact) mass is 324 g/mol. The Labute approximate surface area is 134 Å². The van der Waals surface area contributed by atoms with Crippen molar-refractivity contribution in [2.24, 2.45) is 0 Å². The van der Waals surface area contributed by atoms with E-state index in [0.29, 0.717) is 5.01 Å². The van der Waals surface area contributed by atoms with Crippen molar-refractivity contribution in [2.75, 3.05) is 0 Å². The first-order valence-corrected chi connectivity index (χ1v) is 7.02. The molecule has 1 aromatic rings. The van der Waals surface area contributed by atoms with Crippen LogP contribution in [0, 0.1) is 0 Å². The van der Waals surface area contributed by atoms with E-state index in [2.05, 4.69) is 5.43 Å². The maximum atomic E-state index is 12.4. The van der Waals surface area contributed by atoms with Gasteiger partial charge in [0.1, 0.15) is 5.75 Å². The molecule has 0 atom stereocenters. The maximum Gasteiger partial charge on any atom is 0.436 e. The molecule has 0 saturated heterocycles. The summed E-state index contributed by atoms with van der Waals surface area (Å²) in [6.07, 6.45) is -2.92. The van der Waals surface area contributed by atoms with E-state index in [0.717, 1.165) is 0 Å². The Balaban J connectivity index is 2.97. The highest BCUT2D eigenvalue weighted by Crippen LogP contribution is 2.12. The van der Waals surface area contributed by atoms with Crippen molar-refractivity contribution < 1.29 is 29.0 Å². The number of imide groups is 1. The van der Waals surface area contributed by atoms with Crippen LogP contribution in [-0.4, -0.2) is 40.4 Å². The van der Waals surface area contributed by atoms with Crippen LogP contribution in [0.3, 0.4) is 0 Å². The Morgan fingerprint density at radius 1 is 1.00 bits per heavy atom. The average molecular weight is 324 g/mol. The van der Waals surface area contributed by atoms with Gasteiger partial charge in [0.05, 0.1) is 12.2 Å². The van der Waals surface area contributed by atoms with Gasteiger partial charge in [0.15, 0.2) is 0 Å². The Kier molecular flexibility index (Phi) is 6.37. The van der Waals surface area contributed by atoms with Crippen LogP contribution in [0.2, 0.25) is 0 Å². The SMILES string of the molecule is CC(C)OC(=O)NN(C(=O)OC(C)C)C(=O)c1ccc(O)cc1. The molecule has 0 unspecified atom stereocenters. The van der Waals surface area contributed by atoms with Crippen LogP contribution in [-0.2, 0) is 9.47 Å². The van der Waals surface area contributed by atoms with Gasteiger partial charge in [-0.25, -0.2) is 15.0 Å². The molecule has 0 aliphatic heterocycles. The number of ether oxygens (including phenoxy) is 2. The lowest BCUT2D eigenvalue weighted by Gasteiger charge is -2.22. The Bertz CT molecular complexity index is 568. The summed E-state index contributed by atoms with van der Waals surface area (Å²) in [6.45, 7) is 6.46. The number of carbonyl (C=O) groups is 3. The molecule has 126 valence electrons. The molecular weight excluding hydrogens is 304 g/mol. The lowest BCUT2D eigenvalue weighted by Crippen LogP contribution is -2.51. The summed E-state index contributed by atoms with van der Waals surface area (Å²) < 4.78 is 9.78. The van der Waals surface area contributed by atoms with Crippen molar-refractivity contribution in [3.8, 4) is 5.75 Å². The zero-order chi connectivity index (χ0) is 17.6. The highest BCUT2D eigenvalue weighted by Gasteiger charge is 2.28. The van der Waals surface area contributed by atoms with Gasteiger partial charge in [-0.05, 0) is 52.0 Å². The van der Waals surface area contributed by atoms with Gasteiger partial charge in [-0.2, -0.15) is 0 Å². The number of rotatable bonds is 3. The second-order valence-electron chi connectivity index (χ2n) is 5.19. The molecule has 23 heavy (non-hydrogen) atoms. The van der Waals surface area contributed by atoms with Crippen LogP contribution >= 0.6 is 0 Å². The van der Waals surface area contributed by atoms with Crippen molar-refractivity contribution in [1.82, 2.24) is 10.4 Å². The fourth-order valence-electron chi connectivity index (χ4n) is 1.50. The van der Waals surface area contributed by atoms with Gasteiger partial charge in [0.2, 0.25) is 0 Å². The first-order valence-electron chi connectivity index (χ1n) is 7.02. The van der Waals surface area contributed by atoms with Gasteiger partial charge in [-0.1, -0.05) is 0 Å². The number of nitrogens with one attached hydrogen (secondary N) is 1. The molecule has 3 amide bonds. The summed E-state index contributed by atoms with van der Waals surface area (Å²) in [6, 6.07) is 5.18. The predicted molar refractivity (Wildman–Crippen MR) is 80.6 cm³/mol. The van der Waals surface area contributed by atoms with E-state index in [4.69, 9.17) is 9.47 Å². The fourth-order valence-corrected chi connectivity index (χ4v) is 1.50. The molecular formula is C15H20N2O6. The Morgan fingerprint density at radius 3 is 2.00 bits per heavy atom. The van der Waals surface area contributed by atoms with Crippen LogP contribution in [0.4, 0.5) is 9.59 Å². The van der Waals surface area contributed by atoms with Crippen molar-refractivity contribution in [1.29, 1.82) is 0 Å². The molecule has 0 aliphatic rings. The quantitative estimate of drug-likeness (QED) is 0.827. The second kappa shape index (κ2) is 8.02. The Hall–Kier alpha value is -2.77. The number of carbonyl (C=O) groups excluding carboxylic acids is 3. The minimum atomic E-state index is -1.04. The van der Waals surface area contributed by atoms with E-state index in [1.807, 2.05) is 0 Å². The van der Waals surface area contributed by atoms with Crippen LogP contribution < -0.4 is 5.43 Å². The number of phenols is 1. The number of hydrogen-bond donors (Lipinski definition) is 2. The number of amides is 3. The molecule has 0 radical (unpaired) electrons. The van der Waals surface area contributed by atoms with Gasteiger partial charge in [-0.3, -0.25) is 4.79 Å². The van der Waals surface area contributed by atoms with E-state index in [-0.39, 0.29) is 11.3 Å². The number of hydrogen-bond acceptors (Lipinski definition) is 6. The molecule has 8 heteroatoms. The summed E-state index contributed by atoms with van der Waals surface area (Å²) in [4.78, 5) is 36.1. The van der Waals surface area contributed by atoms with E-state index < -0.39 is 30.3 Å². The minimum absolute atomic E-state index is 0.0370. The minimum Gasteiger partial charge on any atom is -0.508 e. The molecule has 1 aromatic carbocycles. The van der Waals surface area contributed by atoms with Gasteiger partial charge in [0.25, 0.3) is 5.91 Å². The standard InChI is InChI=1S/C15H20N2O6/c1-9(2)22-14(20)16-17(15(21)23-10(3)4)13(19)11-5-7-12(18)8-6-11/h5-10,18H,1-4H3,(H,16,20). The molecule has 8 nitrogen and oxygen atoms in total. The molecule has 0 aromatic heterocycles. The summed E-state index contributed by atoms with van der Waals surface area (Å²) in [5.41, 5.74) is 2.13. The molecule has 0 bridgehead atoms. The zero-order valence-corrected chi connectivity index (χ0v) is 13.4. The summed E-state index contributed by atoms with van der Waals surface area (Å²) in [5, 5.41) is 9.67. The number of hydrazine groups is 1. The average Bonchev–Trinajstić information content (AvgIpc) is 2.43. The number of aromatic hydroxyl groups is 1. The van der Waals surface area contributed by atoms with E-state index in [1.54, 1.807) is 27.7 Å². The lowest BCUT2D eigenvalue weighted by molar-refractivity contribution is 0.0383.